The summed E-state index contributed by atoms with van der Waals surface area (Å²) in [6.45, 7) is 11.5. The van der Waals surface area contributed by atoms with Gasteiger partial charge < -0.3 is 14.2 Å². The van der Waals surface area contributed by atoms with Crippen LogP contribution >= 0.6 is 0 Å². The molecular formula is C61H118O6. The Balaban J connectivity index is 4.18. The van der Waals surface area contributed by atoms with Gasteiger partial charge in [0.15, 0.2) is 6.10 Å². The zero-order valence-corrected chi connectivity index (χ0v) is 46.0. The zero-order valence-electron chi connectivity index (χ0n) is 46.0. The molecule has 0 heterocycles. The van der Waals surface area contributed by atoms with E-state index in [0.717, 1.165) is 69.6 Å². The Bertz CT molecular complexity index is 1030. The van der Waals surface area contributed by atoms with Crippen LogP contribution in [0.5, 0.6) is 0 Å². The average molecular weight is 948 g/mol. The first kappa shape index (κ1) is 65.4. The number of hydrogen-bond donors (Lipinski definition) is 0. The molecule has 0 radical (unpaired) electrons. The standard InChI is InChI=1S/C61H118O6/c1-6-9-10-11-12-29-36-41-46-51-59(62)65-54-58(55-66-60(63)52-47-42-37-32-27-23-20-19-22-26-31-35-40-45-50-57(5)8-3)67-61(64)53-48-43-38-33-28-24-18-16-14-13-15-17-21-25-30-34-39-44-49-56(4)7-2/h56-58H,6-55H2,1-5H3/t56?,57?,58-/m0/s1. The van der Waals surface area contributed by atoms with Gasteiger partial charge in [-0.1, -0.05) is 304 Å². The lowest BCUT2D eigenvalue weighted by atomic mass is 9.99. The van der Waals surface area contributed by atoms with Gasteiger partial charge in [-0.25, -0.2) is 0 Å². The Kier molecular flexibility index (Phi) is 52.5. The number of carbonyl (C=O) groups excluding carboxylic acids is 3. The summed E-state index contributed by atoms with van der Waals surface area (Å²) >= 11 is 0. The van der Waals surface area contributed by atoms with E-state index >= 15 is 0 Å². The molecule has 6 heteroatoms. The van der Waals surface area contributed by atoms with Gasteiger partial charge in [0.2, 0.25) is 0 Å². The normalized spacial score (nSPS) is 12.9. The van der Waals surface area contributed by atoms with Gasteiger partial charge in [-0.3, -0.25) is 14.4 Å². The van der Waals surface area contributed by atoms with Gasteiger partial charge in [-0.05, 0) is 31.1 Å². The van der Waals surface area contributed by atoms with Crippen molar-refractivity contribution in [3.8, 4) is 0 Å². The number of ether oxygens (including phenoxy) is 3. The van der Waals surface area contributed by atoms with Crippen LogP contribution in [0.3, 0.4) is 0 Å². The van der Waals surface area contributed by atoms with E-state index in [-0.39, 0.29) is 31.1 Å². The van der Waals surface area contributed by atoms with Crippen molar-refractivity contribution in [2.45, 2.75) is 349 Å². The minimum Gasteiger partial charge on any atom is -0.462 e. The van der Waals surface area contributed by atoms with Crippen molar-refractivity contribution in [1.29, 1.82) is 0 Å². The topological polar surface area (TPSA) is 78.9 Å². The minimum absolute atomic E-state index is 0.0625. The van der Waals surface area contributed by atoms with E-state index in [9.17, 15) is 14.4 Å². The molecule has 0 aliphatic carbocycles. The van der Waals surface area contributed by atoms with Crippen molar-refractivity contribution < 1.29 is 28.6 Å². The highest BCUT2D eigenvalue weighted by atomic mass is 16.6. The molecule has 0 saturated carbocycles. The van der Waals surface area contributed by atoms with Crippen LogP contribution in [-0.4, -0.2) is 37.2 Å². The maximum absolute atomic E-state index is 12.9. The smallest absolute Gasteiger partial charge is 0.306 e. The highest BCUT2D eigenvalue weighted by molar-refractivity contribution is 5.71. The second-order valence-electron chi connectivity index (χ2n) is 21.5. The number of hydrogen-bond acceptors (Lipinski definition) is 6. The van der Waals surface area contributed by atoms with Gasteiger partial charge >= 0.3 is 17.9 Å². The molecule has 0 aromatic heterocycles. The molecule has 0 rings (SSSR count). The summed E-state index contributed by atoms with van der Waals surface area (Å²) in [5.41, 5.74) is 0. The Labute approximate surface area is 418 Å². The predicted molar refractivity (Wildman–Crippen MR) is 289 cm³/mol. The molecule has 0 fully saturated rings. The molecule has 0 spiro atoms. The first-order valence-corrected chi connectivity index (χ1v) is 30.3. The lowest BCUT2D eigenvalue weighted by Crippen LogP contribution is -2.30. The van der Waals surface area contributed by atoms with E-state index in [1.165, 1.54) is 231 Å². The molecule has 0 aromatic carbocycles. The van der Waals surface area contributed by atoms with Crippen LogP contribution in [-0.2, 0) is 28.6 Å². The maximum atomic E-state index is 12.9. The SMILES string of the molecule is CCCCCCCCCCCC(=O)OC[C@@H](COC(=O)CCCCCCCCCCCCCCCCC(C)CC)OC(=O)CCCCCCCCCCCCCCCCCCCCC(C)CC. The van der Waals surface area contributed by atoms with Gasteiger partial charge in [0, 0.05) is 19.3 Å². The van der Waals surface area contributed by atoms with E-state index in [1.54, 1.807) is 0 Å². The molecule has 0 aliphatic rings. The van der Waals surface area contributed by atoms with E-state index in [2.05, 4.69) is 34.6 Å². The molecule has 0 bridgehead atoms. The molecular weight excluding hydrogens is 829 g/mol. The van der Waals surface area contributed by atoms with Gasteiger partial charge in [0.25, 0.3) is 0 Å². The second-order valence-corrected chi connectivity index (χ2v) is 21.5. The first-order chi connectivity index (χ1) is 32.8. The van der Waals surface area contributed by atoms with E-state index in [1.807, 2.05) is 0 Å². The maximum Gasteiger partial charge on any atom is 0.306 e. The van der Waals surface area contributed by atoms with Crippen LogP contribution in [0, 0.1) is 11.8 Å². The van der Waals surface area contributed by atoms with E-state index in [0.29, 0.717) is 19.3 Å². The molecule has 3 atom stereocenters. The summed E-state index contributed by atoms with van der Waals surface area (Å²) in [6, 6.07) is 0. The van der Waals surface area contributed by atoms with Crippen molar-refractivity contribution in [2.75, 3.05) is 13.2 Å². The molecule has 6 nitrogen and oxygen atoms in total. The number of rotatable bonds is 55. The number of carbonyl (C=O) groups is 3. The highest BCUT2D eigenvalue weighted by Gasteiger charge is 2.19. The summed E-state index contributed by atoms with van der Waals surface area (Å²) in [5.74, 6) is 0.965. The monoisotopic (exact) mass is 947 g/mol. The van der Waals surface area contributed by atoms with Gasteiger partial charge in [0.1, 0.15) is 13.2 Å². The third kappa shape index (κ3) is 52.1. The zero-order chi connectivity index (χ0) is 48.9. The minimum atomic E-state index is -0.762. The van der Waals surface area contributed by atoms with Crippen LogP contribution in [0.1, 0.15) is 343 Å². The number of esters is 3. The quantitative estimate of drug-likeness (QED) is 0.0343. The molecule has 0 N–H and O–H groups in total. The summed E-state index contributed by atoms with van der Waals surface area (Å²) in [6.07, 6.45) is 58.1. The lowest BCUT2D eigenvalue weighted by molar-refractivity contribution is -0.167. The summed E-state index contributed by atoms with van der Waals surface area (Å²) in [5, 5.41) is 0. The predicted octanol–water partition coefficient (Wildman–Crippen LogP) is 20.0. The first-order valence-electron chi connectivity index (χ1n) is 30.3. The van der Waals surface area contributed by atoms with Crippen LogP contribution in [0.4, 0.5) is 0 Å². The molecule has 0 amide bonds. The van der Waals surface area contributed by atoms with Crippen LogP contribution in [0.15, 0.2) is 0 Å². The fraction of sp³-hybridized carbons (Fsp3) is 0.951. The largest absolute Gasteiger partial charge is 0.462 e. The summed E-state index contributed by atoms with van der Waals surface area (Å²) < 4.78 is 16.9. The van der Waals surface area contributed by atoms with Crippen molar-refractivity contribution in [3.63, 3.8) is 0 Å². The molecule has 2 unspecified atom stereocenters. The number of unbranched alkanes of at least 4 members (excludes halogenated alkanes) is 38. The van der Waals surface area contributed by atoms with Crippen LogP contribution in [0.2, 0.25) is 0 Å². The third-order valence-corrected chi connectivity index (χ3v) is 14.7. The molecule has 0 aliphatic heterocycles. The van der Waals surface area contributed by atoms with Gasteiger partial charge in [0.05, 0.1) is 0 Å². The van der Waals surface area contributed by atoms with Crippen molar-refractivity contribution in [2.24, 2.45) is 11.8 Å². The van der Waals surface area contributed by atoms with Crippen molar-refractivity contribution >= 4 is 17.9 Å². The van der Waals surface area contributed by atoms with Crippen molar-refractivity contribution in [1.82, 2.24) is 0 Å². The molecule has 0 aromatic rings. The Morgan fingerprint density at radius 1 is 0.299 bits per heavy atom. The summed E-state index contributed by atoms with van der Waals surface area (Å²) in [4.78, 5) is 38.1. The van der Waals surface area contributed by atoms with Crippen LogP contribution in [0.25, 0.3) is 0 Å². The fourth-order valence-corrected chi connectivity index (χ4v) is 9.34. The van der Waals surface area contributed by atoms with E-state index in [4.69, 9.17) is 14.2 Å². The lowest BCUT2D eigenvalue weighted by Gasteiger charge is -2.18. The highest BCUT2D eigenvalue weighted by Crippen LogP contribution is 2.19. The average Bonchev–Trinajstić information content (AvgIpc) is 3.33. The Hall–Kier alpha value is -1.59. The fourth-order valence-electron chi connectivity index (χ4n) is 9.34. The molecule has 0 saturated heterocycles. The Morgan fingerprint density at radius 2 is 0.522 bits per heavy atom. The Morgan fingerprint density at radius 3 is 0.776 bits per heavy atom. The molecule has 398 valence electrons. The summed E-state index contributed by atoms with van der Waals surface area (Å²) in [7, 11) is 0. The van der Waals surface area contributed by atoms with Gasteiger partial charge in [-0.2, -0.15) is 0 Å². The van der Waals surface area contributed by atoms with Crippen molar-refractivity contribution in [3.05, 3.63) is 0 Å². The molecule has 67 heavy (non-hydrogen) atoms. The van der Waals surface area contributed by atoms with Crippen LogP contribution < -0.4 is 0 Å². The van der Waals surface area contributed by atoms with E-state index < -0.39 is 6.10 Å². The second kappa shape index (κ2) is 53.8. The third-order valence-electron chi connectivity index (χ3n) is 14.7. The van der Waals surface area contributed by atoms with Gasteiger partial charge in [-0.15, -0.1) is 0 Å².